The van der Waals surface area contributed by atoms with Crippen LogP contribution in [0.25, 0.3) is 11.1 Å². The minimum Gasteiger partial charge on any atom is -0.435 e. The van der Waals surface area contributed by atoms with Crippen LogP contribution in [-0.4, -0.2) is 20.3 Å². The molecule has 0 bridgehead atoms. The first-order chi connectivity index (χ1) is 11.7. The molecule has 0 aromatic heterocycles. The molecule has 0 saturated heterocycles. The largest absolute Gasteiger partial charge is 0.435 e. The lowest BCUT2D eigenvalue weighted by Gasteiger charge is -2.36. The standard InChI is InChI=1S/C20H22F2O2/c1-23-10-9-14-11-18(12-14)17-4-2-3-16(13-17)15-5-7-19(8-6-15)24-20(21)22/h2-8,13-14,18,20H,9-12H2,1H3. The summed E-state index contributed by atoms with van der Waals surface area (Å²) >= 11 is 0. The van der Waals surface area contributed by atoms with Gasteiger partial charge < -0.3 is 9.47 Å². The number of rotatable bonds is 7. The van der Waals surface area contributed by atoms with E-state index in [0.717, 1.165) is 30.1 Å². The Kier molecular flexibility index (Phi) is 5.46. The lowest BCUT2D eigenvalue weighted by atomic mass is 9.70. The molecule has 0 heterocycles. The predicted molar refractivity (Wildman–Crippen MR) is 90.5 cm³/mol. The SMILES string of the molecule is COCCC1CC(c2cccc(-c3ccc(OC(F)F)cc3)c2)C1. The lowest BCUT2D eigenvalue weighted by molar-refractivity contribution is -0.0498. The number of benzene rings is 2. The molecule has 0 aliphatic heterocycles. The van der Waals surface area contributed by atoms with Crippen molar-refractivity contribution in [1.82, 2.24) is 0 Å². The van der Waals surface area contributed by atoms with Gasteiger partial charge in [0.1, 0.15) is 5.75 Å². The molecule has 3 rings (SSSR count). The molecule has 24 heavy (non-hydrogen) atoms. The molecule has 0 unspecified atom stereocenters. The van der Waals surface area contributed by atoms with Crippen molar-refractivity contribution in [3.63, 3.8) is 0 Å². The summed E-state index contributed by atoms with van der Waals surface area (Å²) in [6, 6.07) is 15.3. The maximum absolute atomic E-state index is 12.2. The average molecular weight is 332 g/mol. The Balaban J connectivity index is 1.65. The predicted octanol–water partition coefficient (Wildman–Crippen LogP) is 5.49. The van der Waals surface area contributed by atoms with Gasteiger partial charge in [-0.05, 0) is 59.9 Å². The van der Waals surface area contributed by atoms with Crippen LogP contribution in [-0.2, 0) is 4.74 Å². The highest BCUT2D eigenvalue weighted by Crippen LogP contribution is 2.44. The van der Waals surface area contributed by atoms with Gasteiger partial charge in [0.15, 0.2) is 0 Å². The van der Waals surface area contributed by atoms with E-state index < -0.39 is 6.61 Å². The molecule has 2 nitrogen and oxygen atoms in total. The molecule has 1 saturated carbocycles. The lowest BCUT2D eigenvalue weighted by Crippen LogP contribution is -2.23. The van der Waals surface area contributed by atoms with Gasteiger partial charge in [0.2, 0.25) is 0 Å². The van der Waals surface area contributed by atoms with Gasteiger partial charge in [0.05, 0.1) is 0 Å². The first-order valence-electron chi connectivity index (χ1n) is 8.30. The molecule has 1 fully saturated rings. The Hall–Kier alpha value is -1.94. The summed E-state index contributed by atoms with van der Waals surface area (Å²) in [6.45, 7) is -1.95. The van der Waals surface area contributed by atoms with Crippen molar-refractivity contribution >= 4 is 0 Å². The quantitative estimate of drug-likeness (QED) is 0.668. The topological polar surface area (TPSA) is 18.5 Å². The Morgan fingerprint density at radius 3 is 2.46 bits per heavy atom. The summed E-state index contributed by atoms with van der Waals surface area (Å²) in [6.07, 6.45) is 3.57. The third-order valence-electron chi connectivity index (χ3n) is 4.74. The van der Waals surface area contributed by atoms with Crippen molar-refractivity contribution in [3.05, 3.63) is 54.1 Å². The second kappa shape index (κ2) is 7.75. The van der Waals surface area contributed by atoms with Crippen molar-refractivity contribution in [2.24, 2.45) is 5.92 Å². The molecule has 0 atom stereocenters. The molecule has 0 N–H and O–H groups in total. The summed E-state index contributed by atoms with van der Waals surface area (Å²) in [4.78, 5) is 0. The smallest absolute Gasteiger partial charge is 0.387 e. The van der Waals surface area contributed by atoms with Crippen LogP contribution in [0.15, 0.2) is 48.5 Å². The minimum atomic E-state index is -2.79. The summed E-state index contributed by atoms with van der Waals surface area (Å²) in [5.74, 6) is 1.57. The zero-order valence-corrected chi connectivity index (χ0v) is 13.8. The van der Waals surface area contributed by atoms with Gasteiger partial charge in [-0.3, -0.25) is 0 Å². The van der Waals surface area contributed by atoms with Crippen molar-refractivity contribution in [3.8, 4) is 16.9 Å². The van der Waals surface area contributed by atoms with Gasteiger partial charge >= 0.3 is 6.61 Å². The van der Waals surface area contributed by atoms with Crippen molar-refractivity contribution in [2.45, 2.75) is 31.8 Å². The number of methoxy groups -OCH3 is 1. The van der Waals surface area contributed by atoms with Crippen LogP contribution >= 0.6 is 0 Å². The minimum absolute atomic E-state index is 0.185. The molecule has 0 radical (unpaired) electrons. The number of alkyl halides is 2. The van der Waals surface area contributed by atoms with E-state index in [1.165, 1.54) is 18.4 Å². The highest BCUT2D eigenvalue weighted by atomic mass is 19.3. The Bertz CT molecular complexity index is 649. The van der Waals surface area contributed by atoms with E-state index in [2.05, 4.69) is 22.9 Å². The van der Waals surface area contributed by atoms with Gasteiger partial charge in [-0.1, -0.05) is 36.4 Å². The first kappa shape index (κ1) is 16.9. The van der Waals surface area contributed by atoms with E-state index in [4.69, 9.17) is 4.74 Å². The molecule has 128 valence electrons. The molecule has 4 heteroatoms. The maximum atomic E-state index is 12.2. The molecule has 0 amide bonds. The van der Waals surface area contributed by atoms with E-state index in [-0.39, 0.29) is 5.75 Å². The number of hydrogen-bond acceptors (Lipinski definition) is 2. The van der Waals surface area contributed by atoms with Crippen molar-refractivity contribution < 1.29 is 18.3 Å². The molecule has 1 aliphatic rings. The third-order valence-corrected chi connectivity index (χ3v) is 4.74. The summed E-state index contributed by atoms with van der Waals surface area (Å²) in [5.41, 5.74) is 3.47. The van der Waals surface area contributed by atoms with Crippen LogP contribution in [0.1, 0.15) is 30.7 Å². The molecular formula is C20H22F2O2. The van der Waals surface area contributed by atoms with Gasteiger partial charge in [0.25, 0.3) is 0 Å². The third kappa shape index (κ3) is 4.12. The van der Waals surface area contributed by atoms with Crippen LogP contribution in [0.5, 0.6) is 5.75 Å². The second-order valence-corrected chi connectivity index (χ2v) is 6.34. The summed E-state index contributed by atoms with van der Waals surface area (Å²) in [5, 5.41) is 0. The highest BCUT2D eigenvalue weighted by Gasteiger charge is 2.29. The Morgan fingerprint density at radius 2 is 1.79 bits per heavy atom. The van der Waals surface area contributed by atoms with Gasteiger partial charge in [-0.25, -0.2) is 0 Å². The van der Waals surface area contributed by atoms with Crippen LogP contribution < -0.4 is 4.74 Å². The number of hydrogen-bond donors (Lipinski definition) is 0. The fourth-order valence-electron chi connectivity index (χ4n) is 3.33. The normalized spacial score (nSPS) is 20.0. The molecule has 0 spiro atoms. The second-order valence-electron chi connectivity index (χ2n) is 6.34. The zero-order valence-electron chi connectivity index (χ0n) is 13.8. The fraction of sp³-hybridized carbons (Fsp3) is 0.400. The number of halogens is 2. The molecule has 2 aromatic rings. The Labute approximate surface area is 141 Å². The maximum Gasteiger partial charge on any atom is 0.387 e. The van der Waals surface area contributed by atoms with E-state index in [1.54, 1.807) is 19.2 Å². The number of ether oxygens (including phenoxy) is 2. The molecule has 1 aliphatic carbocycles. The summed E-state index contributed by atoms with van der Waals surface area (Å²) < 4.78 is 34.0. The monoisotopic (exact) mass is 332 g/mol. The van der Waals surface area contributed by atoms with Crippen LogP contribution in [0.2, 0.25) is 0 Å². The van der Waals surface area contributed by atoms with Gasteiger partial charge in [0, 0.05) is 13.7 Å². The Morgan fingerprint density at radius 1 is 1.04 bits per heavy atom. The van der Waals surface area contributed by atoms with Crippen molar-refractivity contribution in [2.75, 3.05) is 13.7 Å². The van der Waals surface area contributed by atoms with E-state index in [1.807, 2.05) is 18.2 Å². The van der Waals surface area contributed by atoms with E-state index in [0.29, 0.717) is 5.92 Å². The first-order valence-corrected chi connectivity index (χ1v) is 8.30. The van der Waals surface area contributed by atoms with E-state index >= 15 is 0 Å². The molecular weight excluding hydrogens is 310 g/mol. The van der Waals surface area contributed by atoms with Crippen LogP contribution in [0.3, 0.4) is 0 Å². The average Bonchev–Trinajstić information content (AvgIpc) is 2.54. The van der Waals surface area contributed by atoms with Crippen LogP contribution in [0.4, 0.5) is 8.78 Å². The fourth-order valence-corrected chi connectivity index (χ4v) is 3.33. The molecule has 2 aromatic carbocycles. The highest BCUT2D eigenvalue weighted by molar-refractivity contribution is 5.65. The van der Waals surface area contributed by atoms with E-state index in [9.17, 15) is 8.78 Å². The van der Waals surface area contributed by atoms with Crippen molar-refractivity contribution in [1.29, 1.82) is 0 Å². The van der Waals surface area contributed by atoms with Crippen LogP contribution in [0, 0.1) is 5.92 Å². The summed E-state index contributed by atoms with van der Waals surface area (Å²) in [7, 11) is 1.75. The van der Waals surface area contributed by atoms with Gasteiger partial charge in [-0.15, -0.1) is 0 Å². The van der Waals surface area contributed by atoms with Gasteiger partial charge in [-0.2, -0.15) is 8.78 Å². The zero-order chi connectivity index (χ0) is 16.9.